The second-order valence-corrected chi connectivity index (χ2v) is 8.08. The molecule has 2 amide bonds. The maximum atomic E-state index is 13.5. The first kappa shape index (κ1) is 24.3. The molecule has 0 fully saturated rings. The van der Waals surface area contributed by atoms with E-state index in [1.165, 1.54) is 27.9 Å². The number of furan rings is 1. The number of hydrogen-bond donors (Lipinski definition) is 3. The van der Waals surface area contributed by atoms with Crippen LogP contribution < -0.4 is 27.2 Å². The van der Waals surface area contributed by atoms with Crippen LogP contribution in [-0.2, 0) is 6.54 Å². The molecule has 4 N–H and O–H groups in total. The van der Waals surface area contributed by atoms with Crippen LogP contribution in [0.25, 0.3) is 0 Å². The maximum Gasteiger partial charge on any atom is 0.330 e. The van der Waals surface area contributed by atoms with Crippen LogP contribution in [0.5, 0.6) is 0 Å². The van der Waals surface area contributed by atoms with Gasteiger partial charge < -0.3 is 20.4 Å². The van der Waals surface area contributed by atoms with Gasteiger partial charge in [-0.25, -0.2) is 4.79 Å². The number of nitrogens with zero attached hydrogens (tertiary/aromatic N) is 2. The number of aromatic amines is 1. The SMILES string of the molecule is CCN(C(=O)c1ccc(C)c(NC(=O)c2ccco2)c1)c1c(N)n(Cc2ccccc2)c(=O)[nH]c1=O. The fourth-order valence-corrected chi connectivity index (χ4v) is 3.80. The molecule has 2 aromatic heterocycles. The quantitative estimate of drug-likeness (QED) is 0.366. The third-order valence-electron chi connectivity index (χ3n) is 5.71. The molecule has 4 aromatic rings. The summed E-state index contributed by atoms with van der Waals surface area (Å²) in [5.41, 5.74) is 6.87. The Morgan fingerprint density at radius 3 is 2.50 bits per heavy atom. The summed E-state index contributed by atoms with van der Waals surface area (Å²) in [5, 5.41) is 2.73. The summed E-state index contributed by atoms with van der Waals surface area (Å²) in [6, 6.07) is 17.1. The van der Waals surface area contributed by atoms with Crippen molar-refractivity contribution >= 4 is 29.0 Å². The third-order valence-corrected chi connectivity index (χ3v) is 5.71. The molecule has 2 heterocycles. The number of carbonyl (C=O) groups excluding carboxylic acids is 2. The number of hydrogen-bond acceptors (Lipinski definition) is 6. The Hall–Kier alpha value is -4.86. The molecule has 0 aliphatic carbocycles. The van der Waals surface area contributed by atoms with Crippen molar-refractivity contribution in [1.82, 2.24) is 9.55 Å². The number of carbonyl (C=O) groups is 2. The highest BCUT2D eigenvalue weighted by molar-refractivity contribution is 6.09. The first-order valence-electron chi connectivity index (χ1n) is 11.2. The molecule has 2 aromatic carbocycles. The Labute approximate surface area is 206 Å². The van der Waals surface area contributed by atoms with Crippen LogP contribution in [0.1, 0.15) is 39.0 Å². The second-order valence-electron chi connectivity index (χ2n) is 8.08. The fourth-order valence-electron chi connectivity index (χ4n) is 3.80. The predicted molar refractivity (Wildman–Crippen MR) is 136 cm³/mol. The van der Waals surface area contributed by atoms with E-state index in [9.17, 15) is 19.2 Å². The minimum atomic E-state index is -0.768. The molecule has 0 saturated carbocycles. The molecule has 0 aliphatic rings. The monoisotopic (exact) mass is 487 g/mol. The minimum Gasteiger partial charge on any atom is -0.459 e. The van der Waals surface area contributed by atoms with Crippen molar-refractivity contribution in [3.05, 3.63) is 110 Å². The van der Waals surface area contributed by atoms with Crippen LogP contribution in [0.15, 0.2) is 80.9 Å². The van der Waals surface area contributed by atoms with Gasteiger partial charge in [-0.2, -0.15) is 0 Å². The lowest BCUT2D eigenvalue weighted by Gasteiger charge is -2.23. The number of H-pyrrole nitrogens is 1. The van der Waals surface area contributed by atoms with Crippen molar-refractivity contribution in [3.8, 4) is 0 Å². The van der Waals surface area contributed by atoms with Crippen LogP contribution in [0.3, 0.4) is 0 Å². The summed E-state index contributed by atoms with van der Waals surface area (Å²) in [6.07, 6.45) is 1.39. The summed E-state index contributed by atoms with van der Waals surface area (Å²) in [4.78, 5) is 54.7. The molecule has 0 unspecified atom stereocenters. The summed E-state index contributed by atoms with van der Waals surface area (Å²) in [5.74, 6) is -0.982. The van der Waals surface area contributed by atoms with Gasteiger partial charge in [0.1, 0.15) is 5.82 Å². The standard InChI is InChI=1S/C26H25N5O5/c1-3-30(21-22(27)31(26(35)29-24(21)33)15-17-8-5-4-6-9-17)25(34)18-12-11-16(2)19(14-18)28-23(32)20-10-7-13-36-20/h4-14H,3,15,27H2,1-2H3,(H,28,32)(H,29,33,35). The lowest BCUT2D eigenvalue weighted by atomic mass is 10.1. The molecule has 10 heteroatoms. The molecule has 0 atom stereocenters. The van der Waals surface area contributed by atoms with Gasteiger partial charge in [0.25, 0.3) is 17.4 Å². The fraction of sp³-hybridized carbons (Fsp3) is 0.154. The number of nitrogens with two attached hydrogens (primary N) is 1. The first-order valence-corrected chi connectivity index (χ1v) is 11.2. The molecule has 0 radical (unpaired) electrons. The van der Waals surface area contributed by atoms with Gasteiger partial charge >= 0.3 is 5.69 Å². The number of aryl methyl sites for hydroxylation is 1. The number of amides is 2. The zero-order valence-electron chi connectivity index (χ0n) is 19.8. The number of aromatic nitrogens is 2. The molecular formula is C26H25N5O5. The first-order chi connectivity index (χ1) is 17.3. The molecule has 10 nitrogen and oxygen atoms in total. The summed E-state index contributed by atoms with van der Waals surface area (Å²) in [6.45, 7) is 3.70. The number of nitrogens with one attached hydrogen (secondary N) is 2. The molecule has 0 bridgehead atoms. The topological polar surface area (TPSA) is 143 Å². The smallest absolute Gasteiger partial charge is 0.330 e. The van der Waals surface area contributed by atoms with E-state index in [0.717, 1.165) is 11.1 Å². The molecule has 184 valence electrons. The van der Waals surface area contributed by atoms with Crippen molar-refractivity contribution in [2.45, 2.75) is 20.4 Å². The van der Waals surface area contributed by atoms with Crippen molar-refractivity contribution in [3.63, 3.8) is 0 Å². The van der Waals surface area contributed by atoms with Crippen molar-refractivity contribution < 1.29 is 14.0 Å². The highest BCUT2D eigenvalue weighted by Gasteiger charge is 2.25. The third kappa shape index (κ3) is 4.83. The lowest BCUT2D eigenvalue weighted by molar-refractivity contribution is 0.0981. The Bertz CT molecular complexity index is 1520. The summed E-state index contributed by atoms with van der Waals surface area (Å²) in [7, 11) is 0. The zero-order chi connectivity index (χ0) is 25.8. The van der Waals surface area contributed by atoms with Crippen LogP contribution >= 0.6 is 0 Å². The number of rotatable bonds is 7. The molecule has 0 saturated heterocycles. The van der Waals surface area contributed by atoms with Gasteiger partial charge in [-0.05, 0) is 49.2 Å². The Balaban J connectivity index is 1.69. The lowest BCUT2D eigenvalue weighted by Crippen LogP contribution is -2.41. The largest absolute Gasteiger partial charge is 0.459 e. The molecule has 36 heavy (non-hydrogen) atoms. The van der Waals surface area contributed by atoms with Crippen molar-refractivity contribution in [2.75, 3.05) is 22.5 Å². The van der Waals surface area contributed by atoms with Crippen LogP contribution in [-0.4, -0.2) is 27.9 Å². The van der Waals surface area contributed by atoms with E-state index in [4.69, 9.17) is 10.2 Å². The van der Waals surface area contributed by atoms with E-state index in [2.05, 4.69) is 10.3 Å². The normalized spacial score (nSPS) is 10.7. The zero-order valence-corrected chi connectivity index (χ0v) is 19.8. The van der Waals surface area contributed by atoms with E-state index in [1.54, 1.807) is 32.0 Å². The molecular weight excluding hydrogens is 462 g/mol. The predicted octanol–water partition coefficient (Wildman–Crippen LogP) is 2.99. The van der Waals surface area contributed by atoms with E-state index < -0.39 is 23.1 Å². The Morgan fingerprint density at radius 2 is 1.83 bits per heavy atom. The van der Waals surface area contributed by atoms with Crippen molar-refractivity contribution in [2.24, 2.45) is 0 Å². The number of anilines is 3. The van der Waals surface area contributed by atoms with Gasteiger partial charge in [-0.3, -0.25) is 23.9 Å². The number of nitrogen functional groups attached to an aromatic ring is 1. The van der Waals surface area contributed by atoms with Crippen LogP contribution in [0, 0.1) is 6.92 Å². The van der Waals surface area contributed by atoms with Gasteiger partial charge in [-0.15, -0.1) is 0 Å². The van der Waals surface area contributed by atoms with Gasteiger partial charge in [0.2, 0.25) is 0 Å². The van der Waals surface area contributed by atoms with Crippen LogP contribution in [0.2, 0.25) is 0 Å². The minimum absolute atomic E-state index is 0.109. The molecule has 0 spiro atoms. The van der Waals surface area contributed by atoms with Crippen LogP contribution in [0.4, 0.5) is 17.2 Å². The van der Waals surface area contributed by atoms with Gasteiger partial charge in [0.05, 0.1) is 12.8 Å². The average Bonchev–Trinajstić information content (AvgIpc) is 3.41. The molecule has 4 rings (SSSR count). The molecule has 0 aliphatic heterocycles. The Kier molecular flexibility index (Phi) is 6.86. The summed E-state index contributed by atoms with van der Waals surface area (Å²) >= 11 is 0. The highest BCUT2D eigenvalue weighted by Crippen LogP contribution is 2.23. The van der Waals surface area contributed by atoms with Gasteiger partial charge in [0, 0.05) is 17.8 Å². The van der Waals surface area contributed by atoms with E-state index in [1.807, 2.05) is 30.3 Å². The summed E-state index contributed by atoms with van der Waals surface area (Å²) < 4.78 is 6.34. The van der Waals surface area contributed by atoms with Gasteiger partial charge in [-0.1, -0.05) is 36.4 Å². The van der Waals surface area contributed by atoms with E-state index in [-0.39, 0.29) is 35.9 Å². The van der Waals surface area contributed by atoms with E-state index in [0.29, 0.717) is 5.69 Å². The second kappa shape index (κ2) is 10.2. The van der Waals surface area contributed by atoms with E-state index >= 15 is 0 Å². The van der Waals surface area contributed by atoms with Gasteiger partial charge in [0.15, 0.2) is 11.4 Å². The average molecular weight is 488 g/mol. The Morgan fingerprint density at radius 1 is 1.08 bits per heavy atom. The highest BCUT2D eigenvalue weighted by atomic mass is 16.3. The van der Waals surface area contributed by atoms with Crippen molar-refractivity contribution in [1.29, 1.82) is 0 Å². The number of benzene rings is 2. The maximum absolute atomic E-state index is 13.5.